The van der Waals surface area contributed by atoms with Gasteiger partial charge in [-0.3, -0.25) is 0 Å². The highest BCUT2D eigenvalue weighted by atomic mass is 16.4. The van der Waals surface area contributed by atoms with E-state index >= 15 is 0 Å². The van der Waals surface area contributed by atoms with Crippen molar-refractivity contribution in [3.8, 4) is 50.8 Å². The highest BCUT2D eigenvalue weighted by molar-refractivity contribution is 6.11. The maximum absolute atomic E-state index is 8.86. The van der Waals surface area contributed by atoms with Crippen molar-refractivity contribution < 1.29 is 22.5 Å². The summed E-state index contributed by atoms with van der Waals surface area (Å²) in [7, 11) is 0. The second kappa shape index (κ2) is 10.9. The predicted octanol–water partition coefficient (Wildman–Crippen LogP) is 11.7. The number of fused-ring (bicyclic) bond motifs is 5. The van der Waals surface area contributed by atoms with Gasteiger partial charge in [0.25, 0.3) is 0 Å². The van der Waals surface area contributed by atoms with Crippen LogP contribution in [0.2, 0.25) is 0 Å². The van der Waals surface area contributed by atoms with Crippen molar-refractivity contribution in [1.82, 2.24) is 14.5 Å². The lowest BCUT2D eigenvalue weighted by atomic mass is 9.98. The summed E-state index contributed by atoms with van der Waals surface area (Å²) in [6, 6.07) is 26.2. The number of hydrogen-bond donors (Lipinski definition) is 0. The molecule has 0 spiro atoms. The lowest BCUT2D eigenvalue weighted by Crippen LogP contribution is -1.96. The molecule has 0 aliphatic heterocycles. The van der Waals surface area contributed by atoms with Crippen LogP contribution in [0.15, 0.2) is 172 Å². The number of para-hydroxylation sites is 4. The summed E-state index contributed by atoms with van der Waals surface area (Å²) in [5.41, 5.74) is 6.04. The summed E-state index contributed by atoms with van der Waals surface area (Å²) in [6.45, 7) is 0. The zero-order valence-corrected chi connectivity index (χ0v) is 25.5. The molecule has 0 saturated heterocycles. The molecule has 0 unspecified atom stereocenters. The molecule has 5 nitrogen and oxygen atoms in total. The van der Waals surface area contributed by atoms with Crippen LogP contribution in [0, 0.1) is 0 Å². The van der Waals surface area contributed by atoms with E-state index in [-0.39, 0.29) is 22.3 Å². The molecule has 3 heterocycles. The van der Waals surface area contributed by atoms with Gasteiger partial charge in [-0.2, -0.15) is 0 Å². The molecule has 5 heteroatoms. The van der Waals surface area contributed by atoms with Gasteiger partial charge in [0, 0.05) is 27.6 Å². The van der Waals surface area contributed by atoms with Gasteiger partial charge in [0.15, 0.2) is 11.2 Å². The molecule has 49 heavy (non-hydrogen) atoms. The molecule has 0 aliphatic rings. The van der Waals surface area contributed by atoms with Crippen LogP contribution in [-0.2, 0) is 0 Å². The molecule has 0 radical (unpaired) electrons. The zero-order valence-electron chi connectivity index (χ0n) is 35.5. The fourth-order valence-electron chi connectivity index (χ4n) is 6.38. The maximum Gasteiger partial charge on any atom is 0.227 e. The summed E-state index contributed by atoms with van der Waals surface area (Å²) in [5.74, 6) is 0.825. The molecule has 0 N–H and O–H groups in total. The van der Waals surface area contributed by atoms with Gasteiger partial charge in [0.2, 0.25) is 11.8 Å². The van der Waals surface area contributed by atoms with Crippen LogP contribution in [0.4, 0.5) is 0 Å². The minimum absolute atomic E-state index is 0.108. The van der Waals surface area contributed by atoms with Gasteiger partial charge >= 0.3 is 0 Å². The van der Waals surface area contributed by atoms with Gasteiger partial charge in [0.05, 0.1) is 24.7 Å². The predicted molar refractivity (Wildman–Crippen MR) is 198 cm³/mol. The average Bonchev–Trinajstić information content (AvgIpc) is 3.97. The van der Waals surface area contributed by atoms with Crippen molar-refractivity contribution in [3.05, 3.63) is 164 Å². The standard InChI is InChI=1S/C44H27N3O2/c1-3-11-28(12-4-1)32-23-33(29-13-5-2-6-14-29)25-34(24-32)47-39-21-19-30(43-45-37-15-7-9-17-41(37)48-43)26-35(39)36-27-31(20-22-40(36)47)44-46-38-16-8-10-18-42(38)49-44/h1-27H/i1D,2D,3D,4D,5D,6D,11D,12D,13D,14D. The molecule has 0 aliphatic carbocycles. The minimum Gasteiger partial charge on any atom is -0.436 e. The van der Waals surface area contributed by atoms with E-state index in [0.29, 0.717) is 61.8 Å². The Bertz CT molecular complexity index is 3080. The second-order valence-corrected chi connectivity index (χ2v) is 11.5. The van der Waals surface area contributed by atoms with Crippen LogP contribution in [-0.4, -0.2) is 14.5 Å². The first-order chi connectivity index (χ1) is 28.4. The van der Waals surface area contributed by atoms with Crippen molar-refractivity contribution >= 4 is 44.0 Å². The lowest BCUT2D eigenvalue weighted by Gasteiger charge is -2.14. The number of nitrogens with zero attached hydrogens (tertiary/aromatic N) is 3. The van der Waals surface area contributed by atoms with Gasteiger partial charge in [-0.1, -0.05) is 84.7 Å². The fourth-order valence-corrected chi connectivity index (χ4v) is 6.38. The first kappa shape index (κ1) is 19.2. The smallest absolute Gasteiger partial charge is 0.227 e. The summed E-state index contributed by atoms with van der Waals surface area (Å²) in [4.78, 5) is 9.46. The highest BCUT2D eigenvalue weighted by Gasteiger charge is 2.19. The van der Waals surface area contributed by atoms with Crippen LogP contribution < -0.4 is 0 Å². The quantitative estimate of drug-likeness (QED) is 0.188. The first-order valence-corrected chi connectivity index (χ1v) is 15.5. The van der Waals surface area contributed by atoms with E-state index in [0.717, 1.165) is 10.8 Å². The highest BCUT2D eigenvalue weighted by Crippen LogP contribution is 2.39. The molecule has 7 aromatic carbocycles. The zero-order chi connectivity index (χ0) is 41.0. The van der Waals surface area contributed by atoms with E-state index < -0.39 is 60.4 Å². The third-order valence-corrected chi connectivity index (χ3v) is 8.60. The summed E-state index contributed by atoms with van der Waals surface area (Å²) in [5, 5.41) is 1.55. The Kier molecular flexibility index (Phi) is 4.28. The number of rotatable bonds is 5. The third kappa shape index (κ3) is 4.63. The minimum atomic E-state index is -0.558. The molecule has 230 valence electrons. The summed E-state index contributed by atoms with van der Waals surface area (Å²) in [6.07, 6.45) is 0. The molecular weight excluding hydrogens is 603 g/mol. The molecule has 0 amide bonds. The third-order valence-electron chi connectivity index (χ3n) is 8.60. The van der Waals surface area contributed by atoms with Gasteiger partial charge in [0.1, 0.15) is 11.0 Å². The van der Waals surface area contributed by atoms with Crippen molar-refractivity contribution in [3.63, 3.8) is 0 Å². The number of oxazole rings is 2. The van der Waals surface area contributed by atoms with E-state index in [1.165, 1.54) is 6.07 Å². The lowest BCUT2D eigenvalue weighted by molar-refractivity contribution is 0.619. The van der Waals surface area contributed by atoms with Crippen LogP contribution >= 0.6 is 0 Å². The second-order valence-electron chi connectivity index (χ2n) is 11.5. The van der Waals surface area contributed by atoms with Gasteiger partial charge in [-0.15, -0.1) is 0 Å². The van der Waals surface area contributed by atoms with E-state index in [2.05, 4.69) is 0 Å². The van der Waals surface area contributed by atoms with E-state index in [1.807, 2.05) is 89.5 Å². The Morgan fingerprint density at radius 1 is 0.449 bits per heavy atom. The largest absolute Gasteiger partial charge is 0.436 e. The number of benzene rings is 7. The van der Waals surface area contributed by atoms with Crippen molar-refractivity contribution in [1.29, 1.82) is 0 Å². The maximum atomic E-state index is 8.86. The Balaban J connectivity index is 1.29. The van der Waals surface area contributed by atoms with E-state index in [1.54, 1.807) is 12.1 Å². The molecule has 10 rings (SSSR count). The fraction of sp³-hybridized carbons (Fsp3) is 0. The number of hydrogen-bond acceptors (Lipinski definition) is 4. The Hall–Kier alpha value is -6.72. The Labute approximate surface area is 295 Å². The van der Waals surface area contributed by atoms with Crippen molar-refractivity contribution in [2.75, 3.05) is 0 Å². The molecule has 3 aromatic heterocycles. The molecular formula is C44H27N3O2. The summed E-state index contributed by atoms with van der Waals surface area (Å²) < 4.78 is 99.9. The monoisotopic (exact) mass is 639 g/mol. The van der Waals surface area contributed by atoms with Crippen LogP contribution in [0.1, 0.15) is 13.7 Å². The molecule has 0 fully saturated rings. The number of aromatic nitrogens is 3. The summed E-state index contributed by atoms with van der Waals surface area (Å²) >= 11 is 0. The van der Waals surface area contributed by atoms with E-state index in [4.69, 9.17) is 32.5 Å². The average molecular weight is 640 g/mol. The molecule has 0 bridgehead atoms. The Morgan fingerprint density at radius 2 is 0.918 bits per heavy atom. The molecule has 0 atom stereocenters. The van der Waals surface area contributed by atoms with E-state index in [9.17, 15) is 0 Å². The topological polar surface area (TPSA) is 57.0 Å². The SMILES string of the molecule is [2H]c1c([2H])c([2H])c(-c2cc(-c3c([2H])c([2H])c([2H])c([2H])c3[2H])cc(-n3c4ccc(-c5nc6ccccc6o5)cc4c4cc(-c5nc6ccccc6o5)ccc43)c2)c([2H])c1[2H]. The Morgan fingerprint density at radius 3 is 1.39 bits per heavy atom. The van der Waals surface area contributed by atoms with Gasteiger partial charge in [-0.05, 0) is 101 Å². The van der Waals surface area contributed by atoms with Gasteiger partial charge < -0.3 is 13.4 Å². The molecule has 0 saturated carbocycles. The van der Waals surface area contributed by atoms with Crippen LogP contribution in [0.3, 0.4) is 0 Å². The molecule has 10 aromatic rings. The van der Waals surface area contributed by atoms with Crippen molar-refractivity contribution in [2.45, 2.75) is 0 Å². The first-order valence-electron chi connectivity index (χ1n) is 20.5. The van der Waals surface area contributed by atoms with Crippen molar-refractivity contribution in [2.24, 2.45) is 0 Å². The van der Waals surface area contributed by atoms with Gasteiger partial charge in [-0.25, -0.2) is 9.97 Å². The van der Waals surface area contributed by atoms with Crippen LogP contribution in [0.5, 0.6) is 0 Å². The normalized spacial score (nSPS) is 14.5. The van der Waals surface area contributed by atoms with Crippen LogP contribution in [0.25, 0.3) is 94.9 Å².